The molecule has 0 amide bonds. The number of benzene rings is 1. The molecule has 1 fully saturated rings. The molecule has 1 aromatic carbocycles. The van der Waals surface area contributed by atoms with Crippen LogP contribution in [0.15, 0.2) is 53.5 Å². The second-order valence-electron chi connectivity index (χ2n) is 6.89. The van der Waals surface area contributed by atoms with Crippen LogP contribution in [-0.2, 0) is 11.3 Å². The van der Waals surface area contributed by atoms with Gasteiger partial charge in [0.05, 0.1) is 18.8 Å². The van der Waals surface area contributed by atoms with Gasteiger partial charge in [-0.25, -0.2) is 0 Å². The maximum Gasteiger partial charge on any atom is 0.111 e. The minimum Gasteiger partial charge on any atom is -0.493 e. The molecule has 1 aromatic rings. The summed E-state index contributed by atoms with van der Waals surface area (Å²) in [6.07, 6.45) is 6.67. The van der Waals surface area contributed by atoms with Crippen LogP contribution in [0.25, 0.3) is 0 Å². The molecule has 0 aliphatic carbocycles. The molecular formula is C22H32N2O. The SMILES string of the molecule is C=C1CN1Cc1cccc(/C(C)=N/C=C(\C)OC(CCC)CCC)c1. The maximum atomic E-state index is 6.05. The van der Waals surface area contributed by atoms with Gasteiger partial charge < -0.3 is 9.64 Å². The first-order valence-electron chi connectivity index (χ1n) is 9.43. The first kappa shape index (κ1) is 19.3. The summed E-state index contributed by atoms with van der Waals surface area (Å²) in [5.41, 5.74) is 4.69. The lowest BCUT2D eigenvalue weighted by Gasteiger charge is -2.17. The van der Waals surface area contributed by atoms with Crippen LogP contribution >= 0.6 is 0 Å². The Hall–Kier alpha value is -2.03. The van der Waals surface area contributed by atoms with Gasteiger partial charge in [-0.15, -0.1) is 0 Å². The van der Waals surface area contributed by atoms with Crippen LogP contribution in [0.5, 0.6) is 0 Å². The first-order chi connectivity index (χ1) is 12.0. The van der Waals surface area contributed by atoms with Gasteiger partial charge in [0, 0.05) is 18.0 Å². The summed E-state index contributed by atoms with van der Waals surface area (Å²) in [4.78, 5) is 6.89. The van der Waals surface area contributed by atoms with Crippen molar-refractivity contribution in [2.45, 2.75) is 66.0 Å². The Labute approximate surface area is 153 Å². The molecule has 0 radical (unpaired) electrons. The fourth-order valence-corrected chi connectivity index (χ4v) is 2.93. The highest BCUT2D eigenvalue weighted by Crippen LogP contribution is 2.23. The zero-order valence-corrected chi connectivity index (χ0v) is 16.2. The molecule has 0 spiro atoms. The molecular weight excluding hydrogens is 308 g/mol. The van der Waals surface area contributed by atoms with Gasteiger partial charge in [0.25, 0.3) is 0 Å². The number of rotatable bonds is 10. The fraction of sp³-hybridized carbons (Fsp3) is 0.500. The van der Waals surface area contributed by atoms with Crippen molar-refractivity contribution in [3.63, 3.8) is 0 Å². The van der Waals surface area contributed by atoms with E-state index in [-0.39, 0.29) is 0 Å². The molecule has 0 aromatic heterocycles. The third-order valence-corrected chi connectivity index (χ3v) is 4.45. The molecule has 25 heavy (non-hydrogen) atoms. The largest absolute Gasteiger partial charge is 0.493 e. The number of allylic oxidation sites excluding steroid dienone is 1. The van der Waals surface area contributed by atoms with Crippen molar-refractivity contribution in [3.05, 3.63) is 59.6 Å². The number of nitrogens with zero attached hydrogens (tertiary/aromatic N) is 2. The summed E-state index contributed by atoms with van der Waals surface area (Å²) in [5.74, 6) is 0.891. The van der Waals surface area contributed by atoms with Gasteiger partial charge in [0.1, 0.15) is 5.76 Å². The van der Waals surface area contributed by atoms with E-state index in [2.05, 4.69) is 61.5 Å². The summed E-state index contributed by atoms with van der Waals surface area (Å²) >= 11 is 0. The Kier molecular flexibility index (Phi) is 7.30. The Morgan fingerprint density at radius 3 is 2.56 bits per heavy atom. The van der Waals surface area contributed by atoms with Crippen LogP contribution in [0.3, 0.4) is 0 Å². The average Bonchev–Trinajstić information content (AvgIpc) is 3.28. The van der Waals surface area contributed by atoms with Crippen LogP contribution in [0.1, 0.15) is 64.5 Å². The van der Waals surface area contributed by atoms with Crippen LogP contribution in [0.4, 0.5) is 0 Å². The molecule has 1 heterocycles. The predicted molar refractivity (Wildman–Crippen MR) is 107 cm³/mol. The zero-order valence-electron chi connectivity index (χ0n) is 16.2. The molecule has 1 aliphatic rings. The van der Waals surface area contributed by atoms with Crippen LogP contribution < -0.4 is 0 Å². The highest BCUT2D eigenvalue weighted by atomic mass is 16.5. The number of ether oxygens (including phenoxy) is 1. The van der Waals surface area contributed by atoms with Gasteiger partial charge in [-0.3, -0.25) is 4.99 Å². The third-order valence-electron chi connectivity index (χ3n) is 4.45. The summed E-state index contributed by atoms with van der Waals surface area (Å²) in [6.45, 7) is 14.4. The van der Waals surface area contributed by atoms with E-state index >= 15 is 0 Å². The van der Waals surface area contributed by atoms with Crippen molar-refractivity contribution < 1.29 is 4.74 Å². The van der Waals surface area contributed by atoms with Gasteiger partial charge in [-0.1, -0.05) is 51.5 Å². The minimum atomic E-state index is 0.311. The number of hydrogen-bond acceptors (Lipinski definition) is 3. The lowest BCUT2D eigenvalue weighted by molar-refractivity contribution is 0.0998. The van der Waals surface area contributed by atoms with E-state index in [0.717, 1.165) is 55.8 Å². The number of hydrogen-bond donors (Lipinski definition) is 0. The molecule has 0 N–H and O–H groups in total. The second kappa shape index (κ2) is 9.45. The highest BCUT2D eigenvalue weighted by Gasteiger charge is 2.21. The summed E-state index contributed by atoms with van der Waals surface area (Å²) in [7, 11) is 0. The van der Waals surface area contributed by atoms with Crippen molar-refractivity contribution in [1.29, 1.82) is 0 Å². The summed E-state index contributed by atoms with van der Waals surface area (Å²) < 4.78 is 6.05. The van der Waals surface area contributed by atoms with Crippen molar-refractivity contribution in [1.82, 2.24) is 4.90 Å². The van der Waals surface area contributed by atoms with E-state index in [9.17, 15) is 0 Å². The van der Waals surface area contributed by atoms with Gasteiger partial charge >= 0.3 is 0 Å². The number of aliphatic imine (C=N–C) groups is 1. The first-order valence-corrected chi connectivity index (χ1v) is 9.43. The van der Waals surface area contributed by atoms with Crippen molar-refractivity contribution in [2.75, 3.05) is 6.54 Å². The van der Waals surface area contributed by atoms with E-state index in [1.54, 1.807) is 0 Å². The van der Waals surface area contributed by atoms with E-state index in [4.69, 9.17) is 4.74 Å². The topological polar surface area (TPSA) is 24.6 Å². The monoisotopic (exact) mass is 340 g/mol. The highest BCUT2D eigenvalue weighted by molar-refractivity contribution is 5.99. The normalized spacial score (nSPS) is 15.1. The molecule has 0 saturated carbocycles. The minimum absolute atomic E-state index is 0.311. The van der Waals surface area contributed by atoms with Crippen molar-refractivity contribution in [2.24, 2.45) is 4.99 Å². The van der Waals surface area contributed by atoms with Crippen LogP contribution in [-0.4, -0.2) is 23.3 Å². The molecule has 1 aliphatic heterocycles. The Morgan fingerprint density at radius 1 is 1.28 bits per heavy atom. The molecule has 0 unspecified atom stereocenters. The lowest BCUT2D eigenvalue weighted by atomic mass is 10.1. The third kappa shape index (κ3) is 6.41. The summed E-state index contributed by atoms with van der Waals surface area (Å²) in [5, 5.41) is 0. The van der Waals surface area contributed by atoms with E-state index < -0.39 is 0 Å². The Balaban J connectivity index is 1.99. The maximum absolute atomic E-state index is 6.05. The van der Waals surface area contributed by atoms with Gasteiger partial charge in [-0.2, -0.15) is 0 Å². The molecule has 1 saturated heterocycles. The van der Waals surface area contributed by atoms with Gasteiger partial charge in [-0.05, 0) is 43.9 Å². The van der Waals surface area contributed by atoms with E-state index in [0.29, 0.717) is 6.10 Å². The smallest absolute Gasteiger partial charge is 0.111 e. The van der Waals surface area contributed by atoms with Crippen molar-refractivity contribution in [3.8, 4) is 0 Å². The van der Waals surface area contributed by atoms with Crippen molar-refractivity contribution >= 4 is 5.71 Å². The molecule has 0 bridgehead atoms. The Bertz CT molecular complexity index is 639. The van der Waals surface area contributed by atoms with Crippen LogP contribution in [0, 0.1) is 0 Å². The van der Waals surface area contributed by atoms with E-state index in [1.807, 2.05) is 13.1 Å². The molecule has 136 valence electrons. The second-order valence-corrected chi connectivity index (χ2v) is 6.89. The molecule has 2 rings (SSSR count). The molecule has 3 heteroatoms. The van der Waals surface area contributed by atoms with Crippen LogP contribution in [0.2, 0.25) is 0 Å². The van der Waals surface area contributed by atoms with Gasteiger partial charge in [0.2, 0.25) is 0 Å². The summed E-state index contributed by atoms with van der Waals surface area (Å²) in [6, 6.07) is 8.58. The standard InChI is InChI=1S/C22H32N2O/c1-6-9-22(10-7-2)25-18(4)14-23-19(5)21-12-8-11-20(13-21)16-24-15-17(24)3/h8,11-14,22H,3,6-7,9-10,15-16H2,1-2,4-5H3/b18-14+,23-19+. The molecule has 0 atom stereocenters. The quantitative estimate of drug-likeness (QED) is 0.311. The zero-order chi connectivity index (χ0) is 18.2. The fourth-order valence-electron chi connectivity index (χ4n) is 2.93. The average molecular weight is 341 g/mol. The predicted octanol–water partition coefficient (Wildman–Crippen LogP) is 5.67. The molecule has 3 nitrogen and oxygen atoms in total. The van der Waals surface area contributed by atoms with E-state index in [1.165, 1.54) is 11.3 Å². The Morgan fingerprint density at radius 2 is 1.96 bits per heavy atom. The van der Waals surface area contributed by atoms with Gasteiger partial charge in [0.15, 0.2) is 0 Å². The lowest BCUT2D eigenvalue weighted by Crippen LogP contribution is -2.11.